The zero-order valence-corrected chi connectivity index (χ0v) is 17.6. The molecule has 0 unspecified atom stereocenters. The highest BCUT2D eigenvalue weighted by Crippen LogP contribution is 2.31. The number of rotatable bonds is 3. The third-order valence-corrected chi connectivity index (χ3v) is 5.65. The fourth-order valence-corrected chi connectivity index (χ4v) is 3.68. The number of fused-ring (bicyclic) bond motifs is 1. The van der Waals surface area contributed by atoms with E-state index in [-0.39, 0.29) is 5.91 Å². The van der Waals surface area contributed by atoms with Gasteiger partial charge in [-0.1, -0.05) is 65.1 Å². The van der Waals surface area contributed by atoms with Gasteiger partial charge < -0.3 is 5.32 Å². The van der Waals surface area contributed by atoms with E-state index in [1.807, 2.05) is 55.5 Å². The molecule has 0 aliphatic heterocycles. The lowest BCUT2D eigenvalue weighted by Crippen LogP contribution is -2.15. The fraction of sp³-hybridized carbons (Fsp3) is 0.0435. The van der Waals surface area contributed by atoms with Crippen molar-refractivity contribution in [3.8, 4) is 11.3 Å². The first kappa shape index (κ1) is 19.7. The molecule has 144 valence electrons. The van der Waals surface area contributed by atoms with E-state index in [0.717, 1.165) is 27.7 Å². The summed E-state index contributed by atoms with van der Waals surface area (Å²) in [6, 6.07) is 20.0. The Morgan fingerprint density at radius 3 is 2.34 bits per heavy atom. The fourth-order valence-electron chi connectivity index (χ4n) is 3.26. The largest absolute Gasteiger partial charge is 0.322 e. The molecule has 0 fully saturated rings. The van der Waals surface area contributed by atoms with E-state index in [2.05, 4.69) is 5.32 Å². The van der Waals surface area contributed by atoms with E-state index in [1.54, 1.807) is 18.2 Å². The maximum atomic E-state index is 13.2. The summed E-state index contributed by atoms with van der Waals surface area (Å²) in [5, 5.41) is 5.15. The van der Waals surface area contributed by atoms with E-state index in [1.165, 1.54) is 0 Å². The summed E-state index contributed by atoms with van der Waals surface area (Å²) in [6.45, 7) is 1.90. The Bertz CT molecular complexity index is 1240. The monoisotopic (exact) mass is 440 g/mol. The van der Waals surface area contributed by atoms with Crippen LogP contribution in [0, 0.1) is 6.92 Å². The lowest BCUT2D eigenvalue weighted by Gasteiger charge is -2.15. The molecule has 0 saturated carbocycles. The normalized spacial score (nSPS) is 10.9. The number of aromatic nitrogens is 1. The van der Waals surface area contributed by atoms with Gasteiger partial charge in [-0.2, -0.15) is 0 Å². The number of hydrogen-bond acceptors (Lipinski definition) is 2. The Balaban J connectivity index is 1.85. The number of carbonyl (C=O) groups is 1. The topological polar surface area (TPSA) is 42.0 Å². The molecule has 0 saturated heterocycles. The highest BCUT2D eigenvalue weighted by Gasteiger charge is 2.19. The van der Waals surface area contributed by atoms with Gasteiger partial charge in [0.15, 0.2) is 0 Å². The first-order chi connectivity index (χ1) is 13.9. The van der Waals surface area contributed by atoms with Crippen molar-refractivity contribution in [1.82, 2.24) is 4.98 Å². The number of amides is 1. The second-order valence-electron chi connectivity index (χ2n) is 6.57. The predicted molar refractivity (Wildman–Crippen MR) is 121 cm³/mol. The van der Waals surface area contributed by atoms with E-state index in [9.17, 15) is 4.79 Å². The second kappa shape index (κ2) is 8.03. The smallest absolute Gasteiger partial charge is 0.256 e. The number of hydrogen-bond donors (Lipinski definition) is 1. The van der Waals surface area contributed by atoms with Gasteiger partial charge in [-0.25, -0.2) is 4.98 Å². The van der Waals surface area contributed by atoms with Crippen molar-refractivity contribution in [2.45, 2.75) is 6.92 Å². The number of para-hydroxylation sites is 1. The Kier molecular flexibility index (Phi) is 5.46. The molecule has 3 aromatic carbocycles. The van der Waals surface area contributed by atoms with Gasteiger partial charge in [0.05, 0.1) is 26.8 Å². The molecule has 0 aliphatic carbocycles. The van der Waals surface area contributed by atoms with Crippen molar-refractivity contribution in [3.05, 3.63) is 92.9 Å². The molecule has 3 nitrogen and oxygen atoms in total. The third-order valence-electron chi connectivity index (χ3n) is 4.66. The minimum Gasteiger partial charge on any atom is -0.322 e. The highest BCUT2D eigenvalue weighted by atomic mass is 35.5. The quantitative estimate of drug-likeness (QED) is 0.359. The summed E-state index contributed by atoms with van der Waals surface area (Å²) in [7, 11) is 0. The molecule has 1 N–H and O–H groups in total. The van der Waals surface area contributed by atoms with Crippen LogP contribution in [-0.2, 0) is 0 Å². The van der Waals surface area contributed by atoms with Crippen molar-refractivity contribution in [3.63, 3.8) is 0 Å². The number of nitrogens with zero attached hydrogens (tertiary/aromatic N) is 1. The van der Waals surface area contributed by atoms with Gasteiger partial charge in [0.1, 0.15) is 0 Å². The van der Waals surface area contributed by atoms with Crippen LogP contribution in [0.15, 0.2) is 66.7 Å². The minimum atomic E-state index is -0.241. The molecule has 0 aliphatic rings. The van der Waals surface area contributed by atoms with Crippen LogP contribution in [0.5, 0.6) is 0 Å². The SMILES string of the molecule is Cc1c(-c2ccc(Cl)cc2)nc2ccccc2c1C(=O)Nc1ccc(Cl)c(Cl)c1. The first-order valence-electron chi connectivity index (χ1n) is 8.86. The molecule has 0 atom stereocenters. The van der Waals surface area contributed by atoms with Gasteiger partial charge in [0.25, 0.3) is 5.91 Å². The van der Waals surface area contributed by atoms with Crippen LogP contribution in [0.2, 0.25) is 15.1 Å². The second-order valence-corrected chi connectivity index (χ2v) is 7.82. The lowest BCUT2D eigenvalue weighted by atomic mass is 9.97. The summed E-state index contributed by atoms with van der Waals surface area (Å²) in [4.78, 5) is 18.0. The Labute approximate surface area is 183 Å². The number of carbonyl (C=O) groups excluding carboxylic acids is 1. The number of nitrogens with one attached hydrogen (secondary N) is 1. The summed E-state index contributed by atoms with van der Waals surface area (Å²) in [5.74, 6) is -0.241. The van der Waals surface area contributed by atoms with E-state index in [0.29, 0.717) is 26.3 Å². The van der Waals surface area contributed by atoms with Crippen LogP contribution < -0.4 is 5.32 Å². The van der Waals surface area contributed by atoms with Gasteiger partial charge in [-0.15, -0.1) is 0 Å². The van der Waals surface area contributed by atoms with Crippen LogP contribution in [0.1, 0.15) is 15.9 Å². The molecule has 1 amide bonds. The average Bonchev–Trinajstić information content (AvgIpc) is 2.71. The average molecular weight is 442 g/mol. The molecule has 1 heterocycles. The summed E-state index contributed by atoms with van der Waals surface area (Å²) in [6.07, 6.45) is 0. The molecule has 29 heavy (non-hydrogen) atoms. The van der Waals surface area contributed by atoms with Gasteiger partial charge >= 0.3 is 0 Å². The van der Waals surface area contributed by atoms with Gasteiger partial charge in [0.2, 0.25) is 0 Å². The molecule has 0 radical (unpaired) electrons. The molecular formula is C23H15Cl3N2O. The summed E-state index contributed by atoms with van der Waals surface area (Å²) in [5.41, 5.74) is 4.27. The van der Waals surface area contributed by atoms with Crippen molar-refractivity contribution in [2.75, 3.05) is 5.32 Å². The molecular weight excluding hydrogens is 427 g/mol. The lowest BCUT2D eigenvalue weighted by molar-refractivity contribution is 0.102. The van der Waals surface area contributed by atoms with Crippen LogP contribution in [-0.4, -0.2) is 10.9 Å². The van der Waals surface area contributed by atoms with Crippen LogP contribution in [0.25, 0.3) is 22.2 Å². The van der Waals surface area contributed by atoms with Crippen molar-refractivity contribution in [2.24, 2.45) is 0 Å². The third kappa shape index (κ3) is 3.95. The van der Waals surface area contributed by atoms with Crippen molar-refractivity contribution in [1.29, 1.82) is 0 Å². The molecule has 0 spiro atoms. The standard InChI is InChI=1S/C23H15Cl3N2O/c1-13-21(23(29)27-16-10-11-18(25)19(26)12-16)17-4-2-3-5-20(17)28-22(13)14-6-8-15(24)9-7-14/h2-12H,1H3,(H,27,29). The van der Waals surface area contributed by atoms with E-state index >= 15 is 0 Å². The highest BCUT2D eigenvalue weighted by molar-refractivity contribution is 6.42. The van der Waals surface area contributed by atoms with E-state index < -0.39 is 0 Å². The van der Waals surface area contributed by atoms with Crippen LogP contribution in [0.4, 0.5) is 5.69 Å². The van der Waals surface area contributed by atoms with E-state index in [4.69, 9.17) is 39.8 Å². The molecule has 4 aromatic rings. The number of halogens is 3. The van der Waals surface area contributed by atoms with Gasteiger partial charge in [-0.3, -0.25) is 4.79 Å². The molecule has 4 rings (SSSR count). The zero-order valence-electron chi connectivity index (χ0n) is 15.3. The number of anilines is 1. The van der Waals surface area contributed by atoms with Gasteiger partial charge in [-0.05, 0) is 48.9 Å². The number of benzene rings is 3. The van der Waals surface area contributed by atoms with Crippen LogP contribution >= 0.6 is 34.8 Å². The Morgan fingerprint density at radius 1 is 0.897 bits per heavy atom. The summed E-state index contributed by atoms with van der Waals surface area (Å²) >= 11 is 18.1. The Morgan fingerprint density at radius 2 is 1.62 bits per heavy atom. The summed E-state index contributed by atoms with van der Waals surface area (Å²) < 4.78 is 0. The molecule has 6 heteroatoms. The number of pyridine rings is 1. The maximum absolute atomic E-state index is 13.2. The maximum Gasteiger partial charge on any atom is 0.256 e. The van der Waals surface area contributed by atoms with Gasteiger partial charge in [0, 0.05) is 21.7 Å². The molecule has 1 aromatic heterocycles. The first-order valence-corrected chi connectivity index (χ1v) is 9.99. The predicted octanol–water partition coefficient (Wildman–Crippen LogP) is 7.42. The van der Waals surface area contributed by atoms with Crippen molar-refractivity contribution < 1.29 is 4.79 Å². The van der Waals surface area contributed by atoms with Crippen LogP contribution in [0.3, 0.4) is 0 Å². The molecule has 0 bridgehead atoms. The zero-order chi connectivity index (χ0) is 20.5. The van der Waals surface area contributed by atoms with Crippen molar-refractivity contribution >= 4 is 57.3 Å². The minimum absolute atomic E-state index is 0.241. The Hall–Kier alpha value is -2.59.